The molecule has 6 nitrogen and oxygen atoms in total. The standard InChI is InChI=1S/C24H19ClF3N3O3S/c1-13-12-35-21(23(33)34-2)20(13)31-22(32)15-9-7-14(8-10-15)18(11-19(29)24(26,27)28)30-17-6-4-3-5-16(17)25/h3-12,29-30H,1-2H3,(H,31,32)/b18-11-,29-19?. The van der Waals surface area contributed by atoms with E-state index in [1.54, 1.807) is 36.6 Å². The topological polar surface area (TPSA) is 91.3 Å². The molecule has 0 radical (unpaired) electrons. The van der Waals surface area contributed by atoms with E-state index in [0.29, 0.717) is 23.0 Å². The molecule has 2 aromatic carbocycles. The first-order valence-electron chi connectivity index (χ1n) is 9.98. The van der Waals surface area contributed by atoms with Crippen LogP contribution in [0, 0.1) is 12.3 Å². The van der Waals surface area contributed by atoms with Crippen LogP contribution < -0.4 is 10.6 Å². The molecule has 0 aliphatic heterocycles. The molecule has 3 rings (SSSR count). The van der Waals surface area contributed by atoms with Crippen LogP contribution in [-0.2, 0) is 4.74 Å². The molecule has 0 aliphatic rings. The Bertz CT molecular complexity index is 1300. The van der Waals surface area contributed by atoms with Crippen molar-refractivity contribution in [1.29, 1.82) is 5.41 Å². The molecule has 0 aliphatic carbocycles. The molecule has 3 aromatic rings. The van der Waals surface area contributed by atoms with E-state index in [1.165, 1.54) is 31.4 Å². The Balaban J connectivity index is 1.90. The quantitative estimate of drug-likeness (QED) is 0.236. The highest BCUT2D eigenvalue weighted by Crippen LogP contribution is 2.30. The molecule has 182 valence electrons. The van der Waals surface area contributed by atoms with Crippen molar-refractivity contribution >= 4 is 57.6 Å². The summed E-state index contributed by atoms with van der Waals surface area (Å²) in [6.07, 6.45) is -4.20. The van der Waals surface area contributed by atoms with E-state index >= 15 is 0 Å². The summed E-state index contributed by atoms with van der Waals surface area (Å²) in [6, 6.07) is 12.2. The van der Waals surface area contributed by atoms with E-state index in [0.717, 1.165) is 11.3 Å². The Hall–Kier alpha value is -3.63. The minimum absolute atomic E-state index is 0.0333. The van der Waals surface area contributed by atoms with Gasteiger partial charge in [0.25, 0.3) is 5.91 Å². The average Bonchev–Trinajstić information content (AvgIpc) is 3.18. The summed E-state index contributed by atoms with van der Waals surface area (Å²) in [5.74, 6) is -1.10. The van der Waals surface area contributed by atoms with Crippen molar-refractivity contribution in [3.05, 3.63) is 86.6 Å². The van der Waals surface area contributed by atoms with E-state index in [-0.39, 0.29) is 26.7 Å². The summed E-state index contributed by atoms with van der Waals surface area (Å²) in [5.41, 5.74) is 0.262. The molecule has 0 atom stereocenters. The van der Waals surface area contributed by atoms with Crippen LogP contribution in [0.25, 0.3) is 5.70 Å². The summed E-state index contributed by atoms with van der Waals surface area (Å²) in [6.45, 7) is 1.73. The average molecular weight is 522 g/mol. The number of esters is 1. The number of ether oxygens (including phenoxy) is 1. The van der Waals surface area contributed by atoms with Gasteiger partial charge in [0.05, 0.1) is 23.5 Å². The lowest BCUT2D eigenvalue weighted by Gasteiger charge is -2.15. The first-order valence-corrected chi connectivity index (χ1v) is 11.2. The van der Waals surface area contributed by atoms with Gasteiger partial charge in [-0.1, -0.05) is 35.9 Å². The van der Waals surface area contributed by atoms with Gasteiger partial charge in [-0.2, -0.15) is 13.2 Å². The number of halogens is 4. The number of carbonyl (C=O) groups is 2. The van der Waals surface area contributed by atoms with Crippen molar-refractivity contribution in [2.24, 2.45) is 0 Å². The molecule has 1 heterocycles. The van der Waals surface area contributed by atoms with Gasteiger partial charge < -0.3 is 15.4 Å². The number of hydrogen-bond acceptors (Lipinski definition) is 6. The number of aryl methyl sites for hydroxylation is 1. The minimum atomic E-state index is -4.84. The zero-order valence-electron chi connectivity index (χ0n) is 18.4. The van der Waals surface area contributed by atoms with E-state index in [9.17, 15) is 22.8 Å². The van der Waals surface area contributed by atoms with Crippen LogP contribution in [0.4, 0.5) is 24.5 Å². The van der Waals surface area contributed by atoms with Crippen molar-refractivity contribution in [1.82, 2.24) is 0 Å². The SMILES string of the molecule is COC(=O)c1scc(C)c1NC(=O)c1ccc(/C(=C/C(=N)C(F)(F)F)Nc2ccccc2Cl)cc1. The second-order valence-electron chi connectivity index (χ2n) is 7.22. The lowest BCUT2D eigenvalue weighted by atomic mass is 10.1. The normalized spacial score (nSPS) is 11.7. The highest BCUT2D eigenvalue weighted by atomic mass is 35.5. The number of thiophene rings is 1. The third kappa shape index (κ3) is 6.28. The number of alkyl halides is 3. The third-order valence-electron chi connectivity index (χ3n) is 4.78. The van der Waals surface area contributed by atoms with Gasteiger partial charge in [-0.25, -0.2) is 4.79 Å². The maximum absolute atomic E-state index is 13.0. The van der Waals surface area contributed by atoms with Gasteiger partial charge in [0.2, 0.25) is 0 Å². The maximum atomic E-state index is 13.0. The number of nitrogens with one attached hydrogen (secondary N) is 3. The van der Waals surface area contributed by atoms with Crippen LogP contribution in [0.3, 0.4) is 0 Å². The predicted octanol–water partition coefficient (Wildman–Crippen LogP) is 6.78. The van der Waals surface area contributed by atoms with Crippen LogP contribution >= 0.6 is 22.9 Å². The molecule has 0 spiro atoms. The first-order chi connectivity index (χ1) is 16.5. The van der Waals surface area contributed by atoms with Gasteiger partial charge in [0, 0.05) is 11.3 Å². The number of hydrogen-bond donors (Lipinski definition) is 3. The van der Waals surface area contributed by atoms with E-state index in [1.807, 2.05) is 0 Å². The van der Waals surface area contributed by atoms with Gasteiger partial charge in [0.15, 0.2) is 0 Å². The molecule has 0 saturated carbocycles. The second kappa shape index (κ2) is 10.7. The molecule has 0 saturated heterocycles. The van der Waals surface area contributed by atoms with Gasteiger partial charge in [0.1, 0.15) is 10.6 Å². The molecular formula is C24H19ClF3N3O3S. The molecule has 0 fully saturated rings. The zero-order valence-corrected chi connectivity index (χ0v) is 20.0. The Morgan fingerprint density at radius 1 is 1.06 bits per heavy atom. The third-order valence-corrected chi connectivity index (χ3v) is 6.19. The van der Waals surface area contributed by atoms with Crippen LogP contribution in [0.1, 0.15) is 31.2 Å². The molecule has 1 aromatic heterocycles. The van der Waals surface area contributed by atoms with Crippen molar-refractivity contribution in [2.45, 2.75) is 13.1 Å². The summed E-state index contributed by atoms with van der Waals surface area (Å²) in [7, 11) is 1.24. The fraction of sp³-hybridized carbons (Fsp3) is 0.125. The van der Waals surface area contributed by atoms with Crippen molar-refractivity contribution in [2.75, 3.05) is 17.7 Å². The number of anilines is 2. The molecule has 1 amide bonds. The summed E-state index contributed by atoms with van der Waals surface area (Å²) < 4.78 is 43.8. The first kappa shape index (κ1) is 26.0. The maximum Gasteiger partial charge on any atom is 0.432 e. The zero-order chi connectivity index (χ0) is 25.8. The summed E-state index contributed by atoms with van der Waals surface area (Å²) in [5, 5.41) is 14.9. The number of methoxy groups -OCH3 is 1. The molecule has 0 bridgehead atoms. The van der Waals surface area contributed by atoms with Gasteiger partial charge >= 0.3 is 12.1 Å². The van der Waals surface area contributed by atoms with Crippen LogP contribution in [-0.4, -0.2) is 30.9 Å². The fourth-order valence-corrected chi connectivity index (χ4v) is 4.06. The highest BCUT2D eigenvalue weighted by molar-refractivity contribution is 7.12. The monoisotopic (exact) mass is 521 g/mol. The van der Waals surface area contributed by atoms with Crippen LogP contribution in [0.2, 0.25) is 5.02 Å². The number of benzene rings is 2. The Labute approximate surface area is 207 Å². The van der Waals surface area contributed by atoms with E-state index in [2.05, 4.69) is 10.6 Å². The Morgan fingerprint density at radius 2 is 1.69 bits per heavy atom. The van der Waals surface area contributed by atoms with Crippen LogP contribution in [0.15, 0.2) is 60.0 Å². The lowest BCUT2D eigenvalue weighted by Crippen LogP contribution is -2.20. The number of rotatable bonds is 7. The predicted molar refractivity (Wildman–Crippen MR) is 132 cm³/mol. The van der Waals surface area contributed by atoms with Gasteiger partial charge in [-0.05, 0) is 53.8 Å². The van der Waals surface area contributed by atoms with Crippen molar-refractivity contribution in [3.63, 3.8) is 0 Å². The smallest absolute Gasteiger partial charge is 0.432 e. The largest absolute Gasteiger partial charge is 0.465 e. The van der Waals surface area contributed by atoms with Crippen molar-refractivity contribution < 1.29 is 27.5 Å². The molecule has 35 heavy (non-hydrogen) atoms. The van der Waals surface area contributed by atoms with E-state index < -0.39 is 23.8 Å². The number of para-hydroxylation sites is 1. The molecule has 11 heteroatoms. The molecule has 3 N–H and O–H groups in total. The lowest BCUT2D eigenvalue weighted by molar-refractivity contribution is -0.0584. The second-order valence-corrected chi connectivity index (χ2v) is 8.51. The van der Waals surface area contributed by atoms with Crippen molar-refractivity contribution in [3.8, 4) is 0 Å². The molecular weight excluding hydrogens is 503 g/mol. The fourth-order valence-electron chi connectivity index (χ4n) is 2.95. The highest BCUT2D eigenvalue weighted by Gasteiger charge is 2.33. The van der Waals surface area contributed by atoms with Crippen LogP contribution in [0.5, 0.6) is 0 Å². The Morgan fingerprint density at radius 3 is 2.29 bits per heavy atom. The number of allylic oxidation sites excluding steroid dienone is 1. The van der Waals surface area contributed by atoms with E-state index in [4.69, 9.17) is 21.7 Å². The van der Waals surface area contributed by atoms with Gasteiger partial charge in [-0.3, -0.25) is 10.2 Å². The van der Waals surface area contributed by atoms with Gasteiger partial charge in [-0.15, -0.1) is 11.3 Å². The Kier molecular flexibility index (Phi) is 7.98. The number of amides is 1. The summed E-state index contributed by atoms with van der Waals surface area (Å²) >= 11 is 7.26. The number of carbonyl (C=O) groups excluding carboxylic acids is 2. The minimum Gasteiger partial charge on any atom is -0.465 e. The molecule has 0 unspecified atom stereocenters. The summed E-state index contributed by atoms with van der Waals surface area (Å²) in [4.78, 5) is 24.9.